The first-order valence-electron chi connectivity index (χ1n) is 16.5. The quantitative estimate of drug-likeness (QED) is 0.119. The summed E-state index contributed by atoms with van der Waals surface area (Å²) in [6, 6.07) is 16.7. The van der Waals surface area contributed by atoms with Crippen LogP contribution in [0.2, 0.25) is 0 Å². The molecule has 4 rings (SSSR count). The summed E-state index contributed by atoms with van der Waals surface area (Å²) in [6.45, 7) is 4.36. The van der Waals surface area contributed by atoms with Gasteiger partial charge in [0.15, 0.2) is 18.2 Å². The molecular weight excluding hydrogens is 520 g/mol. The molecule has 1 aliphatic carbocycles. The largest absolute Gasteiger partial charge is 0.482 e. The molecule has 1 saturated carbocycles. The highest BCUT2D eigenvalue weighted by atomic mass is 16.6. The van der Waals surface area contributed by atoms with Gasteiger partial charge in [0.2, 0.25) is 0 Å². The Morgan fingerprint density at radius 3 is 2.07 bits per heavy atom. The van der Waals surface area contributed by atoms with Gasteiger partial charge in [-0.1, -0.05) is 108 Å². The molecule has 1 fully saturated rings. The Morgan fingerprint density at radius 1 is 0.738 bits per heavy atom. The predicted molar refractivity (Wildman–Crippen MR) is 171 cm³/mol. The molecule has 226 valence electrons. The number of benzene rings is 2. The topological polar surface area (TPSA) is 61.3 Å². The molecule has 2 aromatic carbocycles. The molecule has 3 aromatic rings. The number of ether oxygens (including phenoxy) is 2. The molecule has 0 N–H and O–H groups in total. The number of carbonyl (C=O) groups is 1. The third-order valence-corrected chi connectivity index (χ3v) is 8.66. The smallest absolute Gasteiger partial charge is 0.349 e. The van der Waals surface area contributed by atoms with Crippen LogP contribution in [0.25, 0.3) is 11.4 Å². The van der Waals surface area contributed by atoms with Crippen molar-refractivity contribution in [3.8, 4) is 22.9 Å². The Bertz CT molecular complexity index is 1170. The van der Waals surface area contributed by atoms with E-state index in [2.05, 4.69) is 60.2 Å². The number of unbranched alkanes of at least 4 members (excludes halogenated alkanes) is 7. The summed E-state index contributed by atoms with van der Waals surface area (Å²) in [7, 11) is 0. The van der Waals surface area contributed by atoms with Crippen molar-refractivity contribution in [1.82, 2.24) is 9.97 Å². The summed E-state index contributed by atoms with van der Waals surface area (Å²) in [5.41, 5.74) is 3.67. The van der Waals surface area contributed by atoms with E-state index in [1.165, 1.54) is 113 Å². The second-order valence-corrected chi connectivity index (χ2v) is 12.0. The number of hydrogen-bond donors (Lipinski definition) is 0. The van der Waals surface area contributed by atoms with Crippen molar-refractivity contribution in [2.45, 2.75) is 116 Å². The molecule has 0 saturated heterocycles. The third-order valence-electron chi connectivity index (χ3n) is 8.66. The van der Waals surface area contributed by atoms with Crippen molar-refractivity contribution >= 4 is 5.97 Å². The van der Waals surface area contributed by atoms with Gasteiger partial charge in [0, 0.05) is 5.56 Å². The first-order valence-corrected chi connectivity index (χ1v) is 16.5. The molecule has 5 nitrogen and oxygen atoms in total. The van der Waals surface area contributed by atoms with Gasteiger partial charge in [0.25, 0.3) is 0 Å². The van der Waals surface area contributed by atoms with Crippen LogP contribution in [0.5, 0.6) is 11.5 Å². The zero-order valence-corrected chi connectivity index (χ0v) is 25.9. The summed E-state index contributed by atoms with van der Waals surface area (Å²) in [4.78, 5) is 21.2. The van der Waals surface area contributed by atoms with E-state index in [0.717, 1.165) is 17.9 Å². The van der Waals surface area contributed by atoms with Gasteiger partial charge in [0.05, 0.1) is 12.4 Å². The summed E-state index contributed by atoms with van der Waals surface area (Å²) < 4.78 is 11.1. The van der Waals surface area contributed by atoms with E-state index >= 15 is 0 Å². The lowest BCUT2D eigenvalue weighted by atomic mass is 9.77. The van der Waals surface area contributed by atoms with Gasteiger partial charge >= 0.3 is 5.97 Å². The first-order chi connectivity index (χ1) is 20.6. The summed E-state index contributed by atoms with van der Waals surface area (Å²) in [5.74, 6) is 2.67. The molecule has 1 heterocycles. The molecule has 5 heteroatoms. The Balaban J connectivity index is 1.16. The van der Waals surface area contributed by atoms with Crippen LogP contribution in [-0.4, -0.2) is 22.5 Å². The van der Waals surface area contributed by atoms with E-state index in [9.17, 15) is 4.79 Å². The highest BCUT2D eigenvalue weighted by Crippen LogP contribution is 2.38. The van der Waals surface area contributed by atoms with Crippen LogP contribution in [0.4, 0.5) is 0 Å². The van der Waals surface area contributed by atoms with E-state index in [0.29, 0.717) is 23.2 Å². The molecule has 0 aliphatic heterocycles. The normalized spacial score (nSPS) is 16.7. The van der Waals surface area contributed by atoms with E-state index in [1.54, 1.807) is 0 Å². The molecule has 0 amide bonds. The molecule has 0 spiro atoms. The van der Waals surface area contributed by atoms with Crippen LogP contribution in [-0.2, 0) is 11.2 Å². The second-order valence-electron chi connectivity index (χ2n) is 12.0. The van der Waals surface area contributed by atoms with Crippen LogP contribution in [0, 0.1) is 5.92 Å². The first kappa shape index (κ1) is 31.7. The fourth-order valence-corrected chi connectivity index (χ4v) is 6.05. The molecule has 0 atom stereocenters. The maximum Gasteiger partial charge on any atom is 0.349 e. The van der Waals surface area contributed by atoms with E-state index < -0.39 is 5.97 Å². The van der Waals surface area contributed by atoms with Gasteiger partial charge < -0.3 is 9.47 Å². The number of carbonyl (C=O) groups excluding carboxylic acids is 1. The zero-order chi connectivity index (χ0) is 29.4. The SMILES string of the molecule is CCCCCCCCc1ccc(-c2ncc(OC(=O)COc3ccc(C4CCC(CCCCC)CC4)cc3)cn2)cc1. The van der Waals surface area contributed by atoms with Crippen LogP contribution in [0.15, 0.2) is 60.9 Å². The molecule has 42 heavy (non-hydrogen) atoms. The maximum atomic E-state index is 12.4. The Kier molecular flexibility index (Phi) is 13.4. The van der Waals surface area contributed by atoms with Gasteiger partial charge in [-0.25, -0.2) is 14.8 Å². The van der Waals surface area contributed by atoms with Gasteiger partial charge in [-0.05, 0) is 73.6 Å². The Hall–Kier alpha value is -3.21. The van der Waals surface area contributed by atoms with Gasteiger partial charge in [-0.3, -0.25) is 0 Å². The van der Waals surface area contributed by atoms with Crippen LogP contribution >= 0.6 is 0 Å². The van der Waals surface area contributed by atoms with Crippen LogP contribution < -0.4 is 9.47 Å². The fourth-order valence-electron chi connectivity index (χ4n) is 6.05. The molecule has 0 unspecified atom stereocenters. The average molecular weight is 571 g/mol. The van der Waals surface area contributed by atoms with Crippen molar-refractivity contribution in [3.63, 3.8) is 0 Å². The summed E-state index contributed by atoms with van der Waals surface area (Å²) in [6.07, 6.45) is 22.7. The molecule has 0 bridgehead atoms. The minimum Gasteiger partial charge on any atom is -0.482 e. The monoisotopic (exact) mass is 570 g/mol. The number of nitrogens with zero attached hydrogens (tertiary/aromatic N) is 2. The fraction of sp³-hybridized carbons (Fsp3) is 0.541. The second kappa shape index (κ2) is 17.7. The van der Waals surface area contributed by atoms with Crippen molar-refractivity contribution < 1.29 is 14.3 Å². The highest BCUT2D eigenvalue weighted by Gasteiger charge is 2.22. The number of aromatic nitrogens is 2. The Morgan fingerprint density at radius 2 is 1.38 bits per heavy atom. The van der Waals surface area contributed by atoms with Crippen molar-refractivity contribution in [2.75, 3.05) is 6.61 Å². The lowest BCUT2D eigenvalue weighted by Crippen LogP contribution is -2.18. The molecule has 1 aliphatic rings. The van der Waals surface area contributed by atoms with E-state index in [-0.39, 0.29) is 6.61 Å². The van der Waals surface area contributed by atoms with Crippen LogP contribution in [0.1, 0.15) is 121 Å². The van der Waals surface area contributed by atoms with Crippen molar-refractivity contribution in [1.29, 1.82) is 0 Å². The zero-order valence-electron chi connectivity index (χ0n) is 25.9. The minimum atomic E-state index is -0.476. The predicted octanol–water partition coefficient (Wildman–Crippen LogP) is 9.89. The van der Waals surface area contributed by atoms with Gasteiger partial charge in [-0.15, -0.1) is 0 Å². The standard InChI is InChI=1S/C37H50N2O3/c1-3-5-7-8-9-11-13-30-16-20-33(21-17-30)37-38-26-35(27-39-37)42-36(40)28-41-34-24-22-32(23-25-34)31-18-14-29(15-19-31)12-10-6-4-2/h16-17,20-27,29,31H,3-15,18-19,28H2,1-2H3. The average Bonchev–Trinajstić information content (AvgIpc) is 3.03. The van der Waals surface area contributed by atoms with Crippen molar-refractivity contribution in [2.24, 2.45) is 5.92 Å². The van der Waals surface area contributed by atoms with Gasteiger partial charge in [-0.2, -0.15) is 0 Å². The number of esters is 1. The van der Waals surface area contributed by atoms with Crippen LogP contribution in [0.3, 0.4) is 0 Å². The van der Waals surface area contributed by atoms with E-state index in [4.69, 9.17) is 9.47 Å². The maximum absolute atomic E-state index is 12.4. The molecule has 0 radical (unpaired) electrons. The number of aryl methyl sites for hydroxylation is 1. The third kappa shape index (κ3) is 10.6. The van der Waals surface area contributed by atoms with Crippen molar-refractivity contribution in [3.05, 3.63) is 72.1 Å². The Labute approximate surface area is 253 Å². The summed E-state index contributed by atoms with van der Waals surface area (Å²) >= 11 is 0. The number of rotatable bonds is 17. The number of hydrogen-bond acceptors (Lipinski definition) is 5. The summed E-state index contributed by atoms with van der Waals surface area (Å²) in [5, 5.41) is 0. The minimum absolute atomic E-state index is 0.163. The lowest BCUT2D eigenvalue weighted by molar-refractivity contribution is -0.136. The highest BCUT2D eigenvalue weighted by molar-refractivity contribution is 5.73. The van der Waals surface area contributed by atoms with E-state index in [1.807, 2.05) is 12.1 Å². The molecule has 1 aromatic heterocycles. The lowest BCUT2D eigenvalue weighted by Gasteiger charge is -2.29. The molecular formula is C37H50N2O3. The van der Waals surface area contributed by atoms with Gasteiger partial charge in [0.1, 0.15) is 5.75 Å².